The molecule has 0 saturated heterocycles. The molecule has 1 aliphatic heterocycles. The molecule has 21 heavy (non-hydrogen) atoms. The average Bonchev–Trinajstić information content (AvgIpc) is 2.91. The number of hydrogen-bond donors (Lipinski definition) is 0. The summed E-state index contributed by atoms with van der Waals surface area (Å²) in [6, 6.07) is 9.61. The van der Waals surface area contributed by atoms with Gasteiger partial charge >= 0.3 is 0 Å². The van der Waals surface area contributed by atoms with Crippen LogP contribution >= 0.6 is 0 Å². The standard InChI is InChI=1S/C14H17N3O3S/c1-16(2)21(18,19)17-9-8-13-12(10-17)15-14(20-13)11-6-4-3-5-7-11/h3-7H,8-10H2,1-2H3. The van der Waals surface area contributed by atoms with Crippen molar-refractivity contribution in [2.24, 2.45) is 0 Å². The third kappa shape index (κ3) is 2.59. The Morgan fingerprint density at radius 2 is 1.95 bits per heavy atom. The Morgan fingerprint density at radius 1 is 1.24 bits per heavy atom. The quantitative estimate of drug-likeness (QED) is 0.862. The summed E-state index contributed by atoms with van der Waals surface area (Å²) >= 11 is 0. The minimum absolute atomic E-state index is 0.256. The molecule has 0 amide bonds. The molecule has 0 spiro atoms. The van der Waals surface area contributed by atoms with E-state index in [-0.39, 0.29) is 6.54 Å². The molecule has 2 aromatic rings. The average molecular weight is 307 g/mol. The number of hydrogen-bond acceptors (Lipinski definition) is 4. The Balaban J connectivity index is 1.90. The molecule has 0 aliphatic carbocycles. The van der Waals surface area contributed by atoms with Crippen LogP contribution < -0.4 is 0 Å². The summed E-state index contributed by atoms with van der Waals surface area (Å²) in [5.74, 6) is 1.32. The molecule has 1 aromatic heterocycles. The van der Waals surface area contributed by atoms with E-state index < -0.39 is 10.2 Å². The van der Waals surface area contributed by atoms with Gasteiger partial charge in [-0.2, -0.15) is 17.0 Å². The van der Waals surface area contributed by atoms with Crippen molar-refractivity contribution in [2.45, 2.75) is 13.0 Å². The molecule has 3 rings (SSSR count). The van der Waals surface area contributed by atoms with Crippen LogP contribution in [0.25, 0.3) is 11.5 Å². The molecule has 0 radical (unpaired) electrons. The Bertz CT molecular complexity index is 738. The summed E-state index contributed by atoms with van der Waals surface area (Å²) in [6.07, 6.45) is 0.544. The lowest BCUT2D eigenvalue weighted by Gasteiger charge is -2.27. The van der Waals surface area contributed by atoms with Crippen LogP contribution in [0.4, 0.5) is 0 Å². The van der Waals surface area contributed by atoms with Gasteiger partial charge in [0.2, 0.25) is 5.89 Å². The smallest absolute Gasteiger partial charge is 0.281 e. The van der Waals surface area contributed by atoms with Gasteiger partial charge in [0, 0.05) is 32.6 Å². The van der Waals surface area contributed by atoms with E-state index in [2.05, 4.69) is 4.98 Å². The Morgan fingerprint density at radius 3 is 2.62 bits per heavy atom. The first-order chi connectivity index (χ1) is 9.98. The van der Waals surface area contributed by atoms with Gasteiger partial charge in [-0.1, -0.05) is 18.2 Å². The Labute approximate surface area is 124 Å². The maximum atomic E-state index is 12.2. The van der Waals surface area contributed by atoms with E-state index in [0.29, 0.717) is 24.6 Å². The van der Waals surface area contributed by atoms with Crippen molar-refractivity contribution in [1.82, 2.24) is 13.6 Å². The number of oxazole rings is 1. The van der Waals surface area contributed by atoms with Gasteiger partial charge in [0.25, 0.3) is 10.2 Å². The fourth-order valence-corrected chi connectivity index (χ4v) is 3.38. The first kappa shape index (κ1) is 14.2. The second-order valence-electron chi connectivity index (χ2n) is 5.13. The second kappa shape index (κ2) is 5.25. The second-order valence-corrected chi connectivity index (χ2v) is 7.27. The molecule has 1 aromatic carbocycles. The number of rotatable bonds is 3. The third-order valence-electron chi connectivity index (χ3n) is 3.50. The summed E-state index contributed by atoms with van der Waals surface area (Å²) in [5.41, 5.74) is 1.60. The summed E-state index contributed by atoms with van der Waals surface area (Å²) in [5, 5.41) is 0. The molecular weight excluding hydrogens is 290 g/mol. The van der Waals surface area contributed by atoms with Crippen LogP contribution in [-0.2, 0) is 23.2 Å². The van der Waals surface area contributed by atoms with Crippen molar-refractivity contribution in [3.63, 3.8) is 0 Å². The van der Waals surface area contributed by atoms with Gasteiger partial charge in [-0.3, -0.25) is 0 Å². The monoisotopic (exact) mass is 307 g/mol. The Hall–Kier alpha value is -1.70. The molecular formula is C14H17N3O3S. The van der Waals surface area contributed by atoms with Crippen molar-refractivity contribution in [2.75, 3.05) is 20.6 Å². The zero-order chi connectivity index (χ0) is 15.0. The predicted molar refractivity (Wildman–Crippen MR) is 78.7 cm³/mol. The number of benzene rings is 1. The maximum absolute atomic E-state index is 12.2. The Kier molecular flexibility index (Phi) is 3.56. The van der Waals surface area contributed by atoms with Gasteiger partial charge in [0.1, 0.15) is 5.76 Å². The van der Waals surface area contributed by atoms with Crippen LogP contribution in [0, 0.1) is 0 Å². The van der Waals surface area contributed by atoms with Gasteiger partial charge in [-0.15, -0.1) is 0 Å². The van der Waals surface area contributed by atoms with Crippen LogP contribution in [0.15, 0.2) is 34.7 Å². The lowest BCUT2D eigenvalue weighted by Crippen LogP contribution is -2.42. The van der Waals surface area contributed by atoms with E-state index >= 15 is 0 Å². The molecule has 1 aliphatic rings. The van der Waals surface area contributed by atoms with E-state index in [1.807, 2.05) is 30.3 Å². The van der Waals surface area contributed by atoms with Crippen molar-refractivity contribution in [1.29, 1.82) is 0 Å². The predicted octanol–water partition coefficient (Wildman–Crippen LogP) is 1.51. The highest BCUT2D eigenvalue weighted by molar-refractivity contribution is 7.86. The molecule has 112 valence electrons. The van der Waals surface area contributed by atoms with Crippen LogP contribution in [0.5, 0.6) is 0 Å². The van der Waals surface area contributed by atoms with Crippen LogP contribution in [0.2, 0.25) is 0 Å². The first-order valence-corrected chi connectivity index (χ1v) is 8.10. The summed E-state index contributed by atoms with van der Waals surface area (Å²) in [6.45, 7) is 0.670. The highest BCUT2D eigenvalue weighted by Crippen LogP contribution is 2.27. The molecule has 2 heterocycles. The molecule has 0 bridgehead atoms. The lowest BCUT2D eigenvalue weighted by atomic mass is 10.2. The molecule has 0 N–H and O–H groups in total. The molecule has 7 heteroatoms. The lowest BCUT2D eigenvalue weighted by molar-refractivity contribution is 0.338. The number of fused-ring (bicyclic) bond motifs is 1. The molecule has 6 nitrogen and oxygen atoms in total. The van der Waals surface area contributed by atoms with Crippen LogP contribution in [0.1, 0.15) is 11.5 Å². The summed E-state index contributed by atoms with van der Waals surface area (Å²) in [7, 11) is -0.351. The minimum Gasteiger partial charge on any atom is -0.441 e. The van der Waals surface area contributed by atoms with E-state index in [0.717, 1.165) is 11.3 Å². The SMILES string of the molecule is CN(C)S(=O)(=O)N1CCc2oc(-c3ccccc3)nc2C1. The minimum atomic E-state index is -3.41. The molecule has 0 saturated carbocycles. The largest absolute Gasteiger partial charge is 0.441 e. The maximum Gasteiger partial charge on any atom is 0.281 e. The fourth-order valence-electron chi connectivity index (χ4n) is 2.31. The fraction of sp³-hybridized carbons (Fsp3) is 0.357. The first-order valence-electron chi connectivity index (χ1n) is 6.70. The summed E-state index contributed by atoms with van der Waals surface area (Å²) in [4.78, 5) is 4.45. The molecule has 0 fully saturated rings. The highest BCUT2D eigenvalue weighted by Gasteiger charge is 2.31. The number of aromatic nitrogens is 1. The van der Waals surface area contributed by atoms with Crippen molar-refractivity contribution in [3.8, 4) is 11.5 Å². The summed E-state index contributed by atoms with van der Waals surface area (Å²) < 4.78 is 32.7. The zero-order valence-electron chi connectivity index (χ0n) is 12.0. The highest BCUT2D eigenvalue weighted by atomic mass is 32.2. The van der Waals surface area contributed by atoms with Gasteiger partial charge in [-0.05, 0) is 12.1 Å². The van der Waals surface area contributed by atoms with Gasteiger partial charge in [0.05, 0.1) is 12.2 Å². The van der Waals surface area contributed by atoms with Crippen molar-refractivity contribution in [3.05, 3.63) is 41.8 Å². The van der Waals surface area contributed by atoms with E-state index in [1.54, 1.807) is 0 Å². The zero-order valence-corrected chi connectivity index (χ0v) is 12.8. The van der Waals surface area contributed by atoms with Crippen LogP contribution in [0.3, 0.4) is 0 Å². The van der Waals surface area contributed by atoms with Gasteiger partial charge in [0.15, 0.2) is 0 Å². The van der Waals surface area contributed by atoms with Gasteiger partial charge in [-0.25, -0.2) is 4.98 Å². The van der Waals surface area contributed by atoms with Gasteiger partial charge < -0.3 is 4.42 Å². The normalized spacial score (nSPS) is 16.1. The van der Waals surface area contributed by atoms with Crippen molar-refractivity contribution < 1.29 is 12.8 Å². The van der Waals surface area contributed by atoms with Crippen molar-refractivity contribution >= 4 is 10.2 Å². The number of nitrogens with zero attached hydrogens (tertiary/aromatic N) is 3. The molecule has 0 atom stereocenters. The van der Waals surface area contributed by atoms with E-state index in [1.165, 1.54) is 22.7 Å². The third-order valence-corrected chi connectivity index (χ3v) is 5.39. The van der Waals surface area contributed by atoms with E-state index in [9.17, 15) is 8.42 Å². The topological polar surface area (TPSA) is 66.7 Å². The van der Waals surface area contributed by atoms with E-state index in [4.69, 9.17) is 4.42 Å². The molecule has 0 unspecified atom stereocenters. The van der Waals surface area contributed by atoms with Crippen LogP contribution in [-0.4, -0.2) is 42.7 Å².